The fourth-order valence-electron chi connectivity index (χ4n) is 4.39. The lowest BCUT2D eigenvalue weighted by Crippen LogP contribution is -2.28. The predicted molar refractivity (Wildman–Crippen MR) is 147 cm³/mol. The van der Waals surface area contributed by atoms with Gasteiger partial charge in [0.1, 0.15) is 0 Å². The third kappa shape index (κ3) is 4.31. The first-order valence-corrected chi connectivity index (χ1v) is 13.2. The topological polar surface area (TPSA) is 17.1 Å². The average Bonchev–Trinajstić information content (AvgIpc) is 2.93. The fraction of sp³-hybridized carbons (Fsp3) is 0. The zero-order valence-electron chi connectivity index (χ0n) is 18.8. The van der Waals surface area contributed by atoms with Crippen LogP contribution >= 0.6 is 6.89 Å². The molecule has 0 atom stereocenters. The van der Waals surface area contributed by atoms with Crippen LogP contribution in [0.4, 0.5) is 0 Å². The van der Waals surface area contributed by atoms with Crippen LogP contribution in [0.5, 0.6) is 0 Å². The lowest BCUT2D eigenvalue weighted by molar-refractivity contribution is 0.107. The first-order valence-electron chi connectivity index (χ1n) is 11.4. The Morgan fingerprint density at radius 2 is 0.882 bits per heavy atom. The largest absolute Gasteiger partial charge is 0.289 e. The van der Waals surface area contributed by atoms with Gasteiger partial charge in [0.25, 0.3) is 0 Å². The van der Waals surface area contributed by atoms with Gasteiger partial charge in [-0.15, -0.1) is 0 Å². The second-order valence-electron chi connectivity index (χ2n) is 8.17. The molecule has 0 bridgehead atoms. The third-order valence-electron chi connectivity index (χ3n) is 6.06. The Balaban J connectivity index is 1.75. The normalized spacial score (nSPS) is 11.1. The van der Waals surface area contributed by atoms with Gasteiger partial charge in [-0.25, -0.2) is 0 Å². The molecule has 0 N–H and O–H groups in total. The minimum absolute atomic E-state index is 0.0441. The van der Waals surface area contributed by atoms with E-state index in [0.717, 1.165) is 11.1 Å². The van der Waals surface area contributed by atoms with Crippen molar-refractivity contribution in [3.05, 3.63) is 151 Å². The minimum atomic E-state index is -2.34. The van der Waals surface area contributed by atoms with Crippen LogP contribution in [0.1, 0.15) is 10.4 Å². The zero-order chi connectivity index (χ0) is 23.2. The maximum atomic E-state index is 13.9. The van der Waals surface area contributed by atoms with E-state index in [-0.39, 0.29) is 5.78 Å². The number of benzene rings is 5. The van der Waals surface area contributed by atoms with Crippen molar-refractivity contribution in [2.75, 3.05) is 0 Å². The summed E-state index contributed by atoms with van der Waals surface area (Å²) < 4.78 is 0. The summed E-state index contributed by atoms with van der Waals surface area (Å²) >= 11 is 0. The molecule has 1 nitrogen and oxygen atoms in total. The molecule has 0 fully saturated rings. The number of rotatable bonds is 6. The number of carbonyl (C=O) groups is 1. The first kappa shape index (κ1) is 21.9. The van der Waals surface area contributed by atoms with Gasteiger partial charge in [-0.1, -0.05) is 140 Å². The first-order chi connectivity index (χ1) is 16.8. The molecule has 0 amide bonds. The molecule has 0 heterocycles. The summed E-state index contributed by atoms with van der Waals surface area (Å²) in [6.45, 7) is -2.34. The maximum Gasteiger partial charge on any atom is 0.186 e. The van der Waals surface area contributed by atoms with Crippen LogP contribution in [0.25, 0.3) is 11.1 Å². The van der Waals surface area contributed by atoms with Crippen molar-refractivity contribution in [3.8, 4) is 11.1 Å². The number of hydrogen-bond acceptors (Lipinski definition) is 1. The quantitative estimate of drug-likeness (QED) is 0.215. The lowest BCUT2D eigenvalue weighted by Gasteiger charge is -2.28. The molecular formula is C32H25OP. The number of hydrogen-bond donors (Lipinski definition) is 0. The highest BCUT2D eigenvalue weighted by Crippen LogP contribution is 2.43. The highest BCUT2D eigenvalue weighted by molar-refractivity contribution is 7.95. The van der Waals surface area contributed by atoms with Crippen LogP contribution < -0.4 is 15.9 Å². The zero-order valence-corrected chi connectivity index (χ0v) is 19.7. The van der Waals surface area contributed by atoms with Crippen molar-refractivity contribution >= 4 is 34.4 Å². The second kappa shape index (κ2) is 9.91. The molecule has 2 heteroatoms. The molecule has 0 aliphatic heterocycles. The van der Waals surface area contributed by atoms with Gasteiger partial charge < -0.3 is 0 Å². The Kier molecular flexibility index (Phi) is 6.38. The van der Waals surface area contributed by atoms with Crippen molar-refractivity contribution in [1.82, 2.24) is 0 Å². The molecular weight excluding hydrogens is 431 g/mol. The van der Waals surface area contributed by atoms with E-state index in [4.69, 9.17) is 0 Å². The second-order valence-corrected chi connectivity index (χ2v) is 11.4. The highest BCUT2D eigenvalue weighted by atomic mass is 31.2. The molecule has 5 rings (SSSR count). The number of carbonyl (C=O) groups excluding carboxylic acids is 1. The molecule has 5 aromatic carbocycles. The molecule has 0 radical (unpaired) electrons. The molecule has 5 aromatic rings. The van der Waals surface area contributed by atoms with E-state index >= 15 is 0 Å². The van der Waals surface area contributed by atoms with Gasteiger partial charge >= 0.3 is 0 Å². The van der Waals surface area contributed by atoms with E-state index in [2.05, 4.69) is 91.0 Å². The van der Waals surface area contributed by atoms with Crippen LogP contribution in [-0.2, 0) is 0 Å². The highest BCUT2D eigenvalue weighted by Gasteiger charge is 2.26. The standard InChI is InChI=1S/C32H25OP/c33-32(28-17-13-16-27(24-28)26-14-5-1-6-15-26)25-34(29-18-7-2-8-19-29,30-20-9-3-10-21-30)31-22-11-4-12-23-31/h1-25H. The minimum Gasteiger partial charge on any atom is -0.289 e. The van der Waals surface area contributed by atoms with Gasteiger partial charge in [-0.2, -0.15) is 0 Å². The SMILES string of the molecule is O=C(C=P(c1ccccc1)(c1ccccc1)c1ccccc1)c1cccc(-c2ccccc2)c1. The van der Waals surface area contributed by atoms with Crippen LogP contribution in [-0.4, -0.2) is 11.6 Å². The molecule has 0 aromatic heterocycles. The summed E-state index contributed by atoms with van der Waals surface area (Å²) in [6.07, 6.45) is 0. The number of ketones is 1. The molecule has 164 valence electrons. The monoisotopic (exact) mass is 456 g/mol. The summed E-state index contributed by atoms with van der Waals surface area (Å²) in [7, 11) is 0. The van der Waals surface area contributed by atoms with Crippen molar-refractivity contribution in [2.24, 2.45) is 0 Å². The van der Waals surface area contributed by atoms with Crippen LogP contribution in [0.15, 0.2) is 146 Å². The molecule has 0 aliphatic carbocycles. The van der Waals surface area contributed by atoms with Gasteiger partial charge in [0.05, 0.1) is 0 Å². The Bertz CT molecular complexity index is 1340. The third-order valence-corrected chi connectivity index (χ3v) is 10.0. The average molecular weight is 457 g/mol. The summed E-state index contributed by atoms with van der Waals surface area (Å²) in [5, 5.41) is 3.50. The summed E-state index contributed by atoms with van der Waals surface area (Å²) in [5.74, 6) is 2.04. The fourth-order valence-corrected chi connectivity index (χ4v) is 8.16. The van der Waals surface area contributed by atoms with Crippen LogP contribution in [0.3, 0.4) is 0 Å². The Hall–Kier alpha value is -3.93. The number of Topliss-reactive ketones (excluding diaryl/α,β-unsaturated/α-hetero) is 1. The van der Waals surface area contributed by atoms with Crippen molar-refractivity contribution in [1.29, 1.82) is 0 Å². The van der Waals surface area contributed by atoms with Crippen LogP contribution in [0.2, 0.25) is 0 Å². The lowest BCUT2D eigenvalue weighted by atomic mass is 10.0. The molecule has 0 saturated carbocycles. The van der Waals surface area contributed by atoms with E-state index in [0.29, 0.717) is 5.56 Å². The smallest absolute Gasteiger partial charge is 0.186 e. The Labute approximate surface area is 201 Å². The van der Waals surface area contributed by atoms with E-state index in [1.54, 1.807) is 0 Å². The summed E-state index contributed by atoms with van der Waals surface area (Å²) in [6, 6.07) is 49.5. The van der Waals surface area contributed by atoms with Gasteiger partial charge in [0.15, 0.2) is 5.78 Å². The Morgan fingerprint density at radius 3 is 1.35 bits per heavy atom. The van der Waals surface area contributed by atoms with Gasteiger partial charge in [-0.3, -0.25) is 4.79 Å². The molecule has 34 heavy (non-hydrogen) atoms. The van der Waals surface area contributed by atoms with Crippen molar-refractivity contribution in [2.45, 2.75) is 0 Å². The van der Waals surface area contributed by atoms with Gasteiger partial charge in [0, 0.05) is 5.56 Å². The van der Waals surface area contributed by atoms with E-state index < -0.39 is 6.89 Å². The van der Waals surface area contributed by atoms with Crippen molar-refractivity contribution < 1.29 is 4.79 Å². The van der Waals surface area contributed by atoms with E-state index in [9.17, 15) is 4.79 Å². The predicted octanol–water partition coefficient (Wildman–Crippen LogP) is 6.33. The molecule has 0 saturated heterocycles. The van der Waals surface area contributed by atoms with Gasteiger partial charge in [0.2, 0.25) is 0 Å². The maximum absolute atomic E-state index is 13.9. The van der Waals surface area contributed by atoms with E-state index in [1.807, 2.05) is 60.4 Å². The molecule has 0 unspecified atom stereocenters. The Morgan fingerprint density at radius 1 is 0.471 bits per heavy atom. The summed E-state index contributed by atoms with van der Waals surface area (Å²) in [4.78, 5) is 13.9. The van der Waals surface area contributed by atoms with Crippen molar-refractivity contribution in [3.63, 3.8) is 0 Å². The molecule has 0 aliphatic rings. The van der Waals surface area contributed by atoms with E-state index in [1.165, 1.54) is 15.9 Å². The summed E-state index contributed by atoms with van der Waals surface area (Å²) in [5.41, 5.74) is 2.85. The van der Waals surface area contributed by atoms with Gasteiger partial charge in [-0.05, 0) is 45.8 Å². The molecule has 0 spiro atoms. The van der Waals surface area contributed by atoms with Crippen LogP contribution in [0, 0.1) is 0 Å².